The molecule has 0 saturated heterocycles. The molecule has 0 aliphatic rings. The predicted molar refractivity (Wildman–Crippen MR) is 79.1 cm³/mol. The second-order valence-electron chi connectivity index (χ2n) is 4.97. The van der Waals surface area contributed by atoms with Gasteiger partial charge in [0.25, 0.3) is 0 Å². The Balaban J connectivity index is 2.85. The Labute approximate surface area is 132 Å². The average Bonchev–Trinajstić information content (AvgIpc) is 2.50. The Morgan fingerprint density at radius 3 is 2.52 bits per heavy atom. The number of carbonyl (C=O) groups excluding carboxylic acids is 2. The second kappa shape index (κ2) is 7.96. The number of esters is 1. The van der Waals surface area contributed by atoms with Crippen molar-refractivity contribution in [2.75, 3.05) is 12.4 Å². The van der Waals surface area contributed by atoms with Crippen LogP contribution in [-0.2, 0) is 16.0 Å². The van der Waals surface area contributed by atoms with Crippen molar-refractivity contribution in [3.05, 3.63) is 29.3 Å². The van der Waals surface area contributed by atoms with Gasteiger partial charge in [-0.25, -0.2) is 4.79 Å². The third-order valence-electron chi connectivity index (χ3n) is 3.25. The first-order valence-corrected chi connectivity index (χ1v) is 7.02. The molecule has 3 N–H and O–H groups in total. The highest BCUT2D eigenvalue weighted by Crippen LogP contribution is 2.23. The van der Waals surface area contributed by atoms with Gasteiger partial charge < -0.3 is 15.8 Å². The maximum absolute atomic E-state index is 12.2. The fourth-order valence-corrected chi connectivity index (χ4v) is 1.92. The zero-order valence-electron chi connectivity index (χ0n) is 12.9. The normalized spacial score (nSPS) is 12.6. The van der Waals surface area contributed by atoms with Crippen molar-refractivity contribution in [1.29, 1.82) is 0 Å². The summed E-state index contributed by atoms with van der Waals surface area (Å²) in [6.45, 7) is 1.84. The lowest BCUT2D eigenvalue weighted by Gasteiger charge is -2.16. The van der Waals surface area contributed by atoms with Gasteiger partial charge in [-0.15, -0.1) is 0 Å². The lowest BCUT2D eigenvalue weighted by atomic mass is 10.1. The van der Waals surface area contributed by atoms with Crippen LogP contribution < -0.4 is 11.1 Å². The molecular formula is C15H19F3N2O3. The van der Waals surface area contributed by atoms with Gasteiger partial charge in [0.05, 0.1) is 18.7 Å². The van der Waals surface area contributed by atoms with Gasteiger partial charge in [-0.05, 0) is 30.5 Å². The minimum Gasteiger partial charge on any atom is -0.465 e. The maximum atomic E-state index is 12.2. The highest BCUT2D eigenvalue weighted by Gasteiger charge is 2.29. The number of hydrogen-bond acceptors (Lipinski definition) is 4. The van der Waals surface area contributed by atoms with Crippen molar-refractivity contribution >= 4 is 17.6 Å². The van der Waals surface area contributed by atoms with Crippen LogP contribution in [0, 0.1) is 0 Å². The Morgan fingerprint density at radius 2 is 2.00 bits per heavy atom. The first-order valence-electron chi connectivity index (χ1n) is 7.02. The number of anilines is 1. The fraction of sp³-hybridized carbons (Fsp3) is 0.467. The molecule has 8 heteroatoms. The van der Waals surface area contributed by atoms with Crippen molar-refractivity contribution in [2.24, 2.45) is 5.73 Å². The van der Waals surface area contributed by atoms with Crippen LogP contribution in [0.1, 0.15) is 35.7 Å². The number of ether oxygens (including phenoxy) is 1. The average molecular weight is 332 g/mol. The van der Waals surface area contributed by atoms with Crippen molar-refractivity contribution < 1.29 is 27.5 Å². The number of carbonyl (C=O) groups is 2. The van der Waals surface area contributed by atoms with Crippen LogP contribution in [0.5, 0.6) is 0 Å². The number of amides is 1. The van der Waals surface area contributed by atoms with Gasteiger partial charge >= 0.3 is 12.1 Å². The number of hydrogen-bond donors (Lipinski definition) is 2. The van der Waals surface area contributed by atoms with E-state index in [-0.39, 0.29) is 5.56 Å². The molecule has 0 saturated carbocycles. The smallest absolute Gasteiger partial charge is 0.389 e. The summed E-state index contributed by atoms with van der Waals surface area (Å²) in [5.41, 5.74) is 6.78. The number of benzene rings is 1. The Bertz CT molecular complexity index is 574. The molecule has 0 heterocycles. The molecular weight excluding hydrogens is 313 g/mol. The number of halogens is 3. The minimum absolute atomic E-state index is 0.226. The molecule has 0 radical (unpaired) electrons. The summed E-state index contributed by atoms with van der Waals surface area (Å²) in [4.78, 5) is 23.4. The van der Waals surface area contributed by atoms with E-state index in [1.165, 1.54) is 13.2 Å². The molecule has 1 aromatic rings. The molecule has 0 aliphatic carbocycles. The van der Waals surface area contributed by atoms with Crippen molar-refractivity contribution in [3.8, 4) is 0 Å². The van der Waals surface area contributed by atoms with Crippen LogP contribution in [0.15, 0.2) is 18.2 Å². The summed E-state index contributed by atoms with van der Waals surface area (Å²) < 4.78 is 41.1. The molecule has 1 rings (SSSR count). The number of rotatable bonds is 6. The molecule has 5 nitrogen and oxygen atoms in total. The lowest BCUT2D eigenvalue weighted by Crippen LogP contribution is -2.36. The Kier molecular flexibility index (Phi) is 6.56. The van der Waals surface area contributed by atoms with E-state index in [2.05, 4.69) is 10.1 Å². The van der Waals surface area contributed by atoms with E-state index in [0.717, 1.165) is 5.56 Å². The molecule has 0 bridgehead atoms. The van der Waals surface area contributed by atoms with Crippen LogP contribution in [0.4, 0.5) is 18.9 Å². The summed E-state index contributed by atoms with van der Waals surface area (Å²) >= 11 is 0. The molecule has 0 aromatic heterocycles. The van der Waals surface area contributed by atoms with Gasteiger partial charge in [-0.1, -0.05) is 13.0 Å². The number of nitrogens with one attached hydrogen (secondary N) is 1. The molecule has 0 aliphatic heterocycles. The SMILES string of the molecule is CCc1ccc(C(=O)OC)cc1NC(=O)C(N)CCC(F)(F)F. The molecule has 1 atom stereocenters. The number of methoxy groups -OCH3 is 1. The van der Waals surface area contributed by atoms with E-state index >= 15 is 0 Å². The highest BCUT2D eigenvalue weighted by atomic mass is 19.4. The van der Waals surface area contributed by atoms with E-state index in [9.17, 15) is 22.8 Å². The van der Waals surface area contributed by atoms with E-state index in [1.54, 1.807) is 12.1 Å². The Morgan fingerprint density at radius 1 is 1.35 bits per heavy atom. The minimum atomic E-state index is -4.36. The number of aryl methyl sites for hydroxylation is 1. The van der Waals surface area contributed by atoms with Gasteiger partial charge in [-0.3, -0.25) is 4.79 Å². The van der Waals surface area contributed by atoms with Crippen LogP contribution in [0.2, 0.25) is 0 Å². The summed E-state index contributed by atoms with van der Waals surface area (Å²) in [5.74, 6) is -1.31. The summed E-state index contributed by atoms with van der Waals surface area (Å²) in [5, 5.41) is 2.48. The topological polar surface area (TPSA) is 81.4 Å². The van der Waals surface area contributed by atoms with E-state index in [4.69, 9.17) is 5.73 Å². The summed E-state index contributed by atoms with van der Waals surface area (Å²) in [6.07, 6.45) is -5.44. The highest BCUT2D eigenvalue weighted by molar-refractivity contribution is 5.97. The van der Waals surface area contributed by atoms with Crippen molar-refractivity contribution in [2.45, 2.75) is 38.4 Å². The van der Waals surface area contributed by atoms with Crippen molar-refractivity contribution in [3.63, 3.8) is 0 Å². The Hall–Kier alpha value is -2.09. The van der Waals surface area contributed by atoms with Crippen LogP contribution in [0.3, 0.4) is 0 Å². The quantitative estimate of drug-likeness (QED) is 0.785. The van der Waals surface area contributed by atoms with Crippen molar-refractivity contribution in [1.82, 2.24) is 0 Å². The molecule has 1 amide bonds. The third-order valence-corrected chi connectivity index (χ3v) is 3.25. The van der Waals surface area contributed by atoms with E-state index in [0.29, 0.717) is 12.1 Å². The second-order valence-corrected chi connectivity index (χ2v) is 4.97. The van der Waals surface area contributed by atoms with Gasteiger partial charge in [0.15, 0.2) is 0 Å². The zero-order valence-corrected chi connectivity index (χ0v) is 12.9. The first kappa shape index (κ1) is 19.0. The number of alkyl halides is 3. The predicted octanol–water partition coefficient (Wildman–Crippen LogP) is 2.64. The molecule has 0 spiro atoms. The fourth-order valence-electron chi connectivity index (χ4n) is 1.92. The molecule has 23 heavy (non-hydrogen) atoms. The monoisotopic (exact) mass is 332 g/mol. The summed E-state index contributed by atoms with van der Waals surface area (Å²) in [6, 6.07) is 3.31. The van der Waals surface area contributed by atoms with E-state index < -0.39 is 36.9 Å². The molecule has 0 fully saturated rings. The van der Waals surface area contributed by atoms with Gasteiger partial charge in [0.2, 0.25) is 5.91 Å². The van der Waals surface area contributed by atoms with Crippen LogP contribution in [0.25, 0.3) is 0 Å². The van der Waals surface area contributed by atoms with E-state index in [1.807, 2.05) is 6.92 Å². The molecule has 1 aromatic carbocycles. The zero-order chi connectivity index (χ0) is 17.6. The van der Waals surface area contributed by atoms with Gasteiger partial charge in [-0.2, -0.15) is 13.2 Å². The standard InChI is InChI=1S/C15H19F3N2O3/c1-3-9-4-5-10(14(22)23-2)8-12(9)20-13(21)11(19)6-7-15(16,17)18/h4-5,8,11H,3,6-7,19H2,1-2H3,(H,20,21). The molecule has 1 unspecified atom stereocenters. The maximum Gasteiger partial charge on any atom is 0.389 e. The lowest BCUT2D eigenvalue weighted by molar-refractivity contribution is -0.137. The van der Waals surface area contributed by atoms with Gasteiger partial charge in [0, 0.05) is 12.1 Å². The molecule has 128 valence electrons. The third kappa shape index (κ3) is 5.90. The first-order chi connectivity index (χ1) is 10.7. The number of nitrogens with two attached hydrogens (primary N) is 1. The largest absolute Gasteiger partial charge is 0.465 e. The summed E-state index contributed by atoms with van der Waals surface area (Å²) in [7, 11) is 1.22. The van der Waals surface area contributed by atoms with Gasteiger partial charge in [0.1, 0.15) is 0 Å². The van der Waals surface area contributed by atoms with Crippen LogP contribution in [-0.4, -0.2) is 31.2 Å². The van der Waals surface area contributed by atoms with Crippen LogP contribution >= 0.6 is 0 Å².